The fraction of sp³-hybridized carbons (Fsp3) is 0.731. The maximum absolute atomic E-state index is 13.1. The van der Waals surface area contributed by atoms with Crippen molar-refractivity contribution in [2.45, 2.75) is 238 Å². The number of ether oxygens (including phenoxy) is 1. The fourth-order valence-corrected chi connectivity index (χ4v) is 7.05. The van der Waals surface area contributed by atoms with Gasteiger partial charge in [-0.1, -0.05) is 235 Å². The molecule has 3 N–H and O–H groups in total. The van der Waals surface area contributed by atoms with Gasteiger partial charge in [0.1, 0.15) is 6.10 Å². The number of hydrogen-bond acceptors (Lipinski definition) is 5. The lowest BCUT2D eigenvalue weighted by Crippen LogP contribution is -2.46. The van der Waals surface area contributed by atoms with Crippen LogP contribution in [0.1, 0.15) is 220 Å². The molecule has 3 unspecified atom stereocenters. The molecule has 0 aromatic rings. The molecule has 0 saturated carbocycles. The molecule has 0 aliphatic rings. The van der Waals surface area contributed by atoms with Gasteiger partial charge in [-0.3, -0.25) is 9.59 Å². The van der Waals surface area contributed by atoms with Gasteiger partial charge in [-0.25, -0.2) is 0 Å². The second-order valence-electron chi connectivity index (χ2n) is 16.3. The first-order valence-corrected chi connectivity index (χ1v) is 24.2. The molecule has 0 spiro atoms. The van der Waals surface area contributed by atoms with Crippen LogP contribution < -0.4 is 5.32 Å². The van der Waals surface area contributed by atoms with E-state index < -0.39 is 18.2 Å². The van der Waals surface area contributed by atoms with Crippen LogP contribution in [0.25, 0.3) is 0 Å². The van der Waals surface area contributed by atoms with Crippen molar-refractivity contribution in [1.82, 2.24) is 5.32 Å². The van der Waals surface area contributed by atoms with Crippen molar-refractivity contribution in [3.05, 3.63) is 72.9 Å². The van der Waals surface area contributed by atoms with Crippen LogP contribution in [0.15, 0.2) is 72.9 Å². The number of carbonyl (C=O) groups is 2. The first-order valence-electron chi connectivity index (χ1n) is 24.2. The molecule has 0 aliphatic carbocycles. The van der Waals surface area contributed by atoms with Crippen LogP contribution in [-0.2, 0) is 14.3 Å². The average molecular weight is 810 g/mol. The van der Waals surface area contributed by atoms with Crippen molar-refractivity contribution in [3.8, 4) is 0 Å². The summed E-state index contributed by atoms with van der Waals surface area (Å²) in [7, 11) is 0. The lowest BCUT2D eigenvalue weighted by Gasteiger charge is -2.24. The van der Waals surface area contributed by atoms with Crippen LogP contribution in [0.5, 0.6) is 0 Å². The molecule has 0 aliphatic heterocycles. The number of aliphatic hydroxyl groups is 2. The summed E-state index contributed by atoms with van der Waals surface area (Å²) in [5.74, 6) is -0.526. The quantitative estimate of drug-likeness (QED) is 0.0324. The minimum Gasteiger partial charge on any atom is -0.462 e. The Kier molecular flexibility index (Phi) is 43.3. The summed E-state index contributed by atoms with van der Waals surface area (Å²) < 4.78 is 5.90. The third-order valence-corrected chi connectivity index (χ3v) is 10.7. The molecule has 58 heavy (non-hydrogen) atoms. The third-order valence-electron chi connectivity index (χ3n) is 10.7. The van der Waals surface area contributed by atoms with Crippen LogP contribution >= 0.6 is 0 Å². The van der Waals surface area contributed by atoms with Crippen LogP contribution in [0.4, 0.5) is 0 Å². The van der Waals surface area contributed by atoms with Gasteiger partial charge in [-0.05, 0) is 44.9 Å². The van der Waals surface area contributed by atoms with Gasteiger partial charge in [0.25, 0.3) is 0 Å². The Hall–Kier alpha value is -2.70. The molecule has 3 atom stereocenters. The number of hydrogen-bond donors (Lipinski definition) is 3. The summed E-state index contributed by atoms with van der Waals surface area (Å²) in [6.45, 7) is 6.31. The zero-order valence-corrected chi connectivity index (χ0v) is 37.9. The lowest BCUT2D eigenvalue weighted by atomic mass is 10.0. The Bertz CT molecular complexity index is 1090. The summed E-state index contributed by atoms with van der Waals surface area (Å²) >= 11 is 0. The highest BCUT2D eigenvalue weighted by molar-refractivity contribution is 5.77. The Balaban J connectivity index is 4.68. The number of amides is 1. The Morgan fingerprint density at radius 1 is 0.517 bits per heavy atom. The zero-order chi connectivity index (χ0) is 42.4. The predicted molar refractivity (Wildman–Crippen MR) is 250 cm³/mol. The molecule has 0 aromatic carbocycles. The topological polar surface area (TPSA) is 95.9 Å². The third kappa shape index (κ3) is 40.1. The number of nitrogens with one attached hydrogen (secondary N) is 1. The molecule has 334 valence electrons. The highest BCUT2D eigenvalue weighted by atomic mass is 16.5. The minimum atomic E-state index is -0.795. The van der Waals surface area contributed by atoms with Crippen molar-refractivity contribution in [2.75, 3.05) is 6.61 Å². The largest absolute Gasteiger partial charge is 0.462 e. The van der Waals surface area contributed by atoms with E-state index in [1.165, 1.54) is 103 Å². The Morgan fingerprint density at radius 2 is 0.931 bits per heavy atom. The fourth-order valence-electron chi connectivity index (χ4n) is 7.05. The SMILES string of the molecule is CC\C=C/C=C/C=C/C=C\C=C\C=C\CCCCCC(=O)OC(CCCCCCCCCCCCCC)CC(=O)NC(CO)C(O)CCCCCCCCCCCC. The van der Waals surface area contributed by atoms with Gasteiger partial charge in [-0.15, -0.1) is 0 Å². The van der Waals surface area contributed by atoms with Gasteiger partial charge in [0.2, 0.25) is 5.91 Å². The molecule has 6 nitrogen and oxygen atoms in total. The smallest absolute Gasteiger partial charge is 0.306 e. The maximum atomic E-state index is 13.1. The van der Waals surface area contributed by atoms with Crippen LogP contribution in [0, 0.1) is 0 Å². The maximum Gasteiger partial charge on any atom is 0.306 e. The first kappa shape index (κ1) is 55.3. The van der Waals surface area contributed by atoms with Crippen molar-refractivity contribution in [1.29, 1.82) is 0 Å². The average Bonchev–Trinajstić information content (AvgIpc) is 3.22. The molecule has 0 radical (unpaired) electrons. The van der Waals surface area contributed by atoms with E-state index in [4.69, 9.17) is 4.74 Å². The summed E-state index contributed by atoms with van der Waals surface area (Å²) in [4.78, 5) is 26.0. The number of aliphatic hydroxyl groups excluding tert-OH is 2. The second-order valence-corrected chi connectivity index (χ2v) is 16.3. The van der Waals surface area contributed by atoms with E-state index >= 15 is 0 Å². The normalized spacial score (nSPS) is 13.9. The molecule has 0 fully saturated rings. The standard InChI is InChI=1S/C52H91NO5/c1-4-7-10-13-16-19-22-24-25-26-27-28-30-33-36-39-42-45-52(57)58-48(43-40-37-34-31-29-23-20-17-14-11-8-5-2)46-51(56)53-49(47-54)50(55)44-41-38-35-32-21-18-15-12-9-6-3/h7,10,13,16,19,22,24-28,30,48-50,54-55H,4-6,8-9,11-12,14-15,17-18,20-21,23,29,31-47H2,1-3H3,(H,53,56)/b10-7-,16-13+,22-19+,25-24-,27-26+,30-28+. The van der Waals surface area contributed by atoms with E-state index in [-0.39, 0.29) is 24.9 Å². The molecule has 0 heterocycles. The monoisotopic (exact) mass is 810 g/mol. The molecule has 0 bridgehead atoms. The Labute approximate surface area is 358 Å². The molecule has 6 heteroatoms. The van der Waals surface area contributed by atoms with Gasteiger partial charge in [0.15, 0.2) is 0 Å². The van der Waals surface area contributed by atoms with Crippen molar-refractivity contribution in [3.63, 3.8) is 0 Å². The first-order chi connectivity index (χ1) is 28.5. The van der Waals surface area contributed by atoms with Crippen molar-refractivity contribution >= 4 is 11.9 Å². The number of carbonyl (C=O) groups excluding carboxylic acids is 2. The highest BCUT2D eigenvalue weighted by Crippen LogP contribution is 2.18. The van der Waals surface area contributed by atoms with Crippen LogP contribution in [-0.4, -0.2) is 46.9 Å². The van der Waals surface area contributed by atoms with Gasteiger partial charge in [0.05, 0.1) is 25.2 Å². The van der Waals surface area contributed by atoms with Gasteiger partial charge in [0, 0.05) is 6.42 Å². The van der Waals surface area contributed by atoms with Crippen LogP contribution in [0.3, 0.4) is 0 Å². The highest BCUT2D eigenvalue weighted by Gasteiger charge is 2.24. The summed E-state index contributed by atoms with van der Waals surface area (Å²) in [5, 5.41) is 23.7. The predicted octanol–water partition coefficient (Wildman–Crippen LogP) is 14.2. The summed E-state index contributed by atoms with van der Waals surface area (Å²) in [6, 6.07) is -0.710. The van der Waals surface area contributed by atoms with E-state index in [0.29, 0.717) is 19.3 Å². The second kappa shape index (κ2) is 45.4. The van der Waals surface area contributed by atoms with E-state index in [0.717, 1.165) is 70.6 Å². The molecular formula is C52H91NO5. The molecule has 0 aromatic heterocycles. The molecular weight excluding hydrogens is 719 g/mol. The number of unbranched alkanes of at least 4 members (excludes halogenated alkanes) is 23. The Morgan fingerprint density at radius 3 is 1.40 bits per heavy atom. The van der Waals surface area contributed by atoms with Crippen LogP contribution in [0.2, 0.25) is 0 Å². The van der Waals surface area contributed by atoms with E-state index in [9.17, 15) is 19.8 Å². The van der Waals surface area contributed by atoms with E-state index in [1.807, 2.05) is 54.7 Å². The lowest BCUT2D eigenvalue weighted by molar-refractivity contribution is -0.151. The molecule has 1 amide bonds. The van der Waals surface area contributed by atoms with E-state index in [2.05, 4.69) is 44.3 Å². The number of allylic oxidation sites excluding steroid dienone is 12. The van der Waals surface area contributed by atoms with Gasteiger partial charge in [-0.2, -0.15) is 0 Å². The molecule has 0 saturated heterocycles. The minimum absolute atomic E-state index is 0.0583. The van der Waals surface area contributed by atoms with Crippen molar-refractivity contribution < 1.29 is 24.5 Å². The molecule has 0 rings (SSSR count). The number of rotatable bonds is 42. The summed E-state index contributed by atoms with van der Waals surface area (Å²) in [5.41, 5.74) is 0. The van der Waals surface area contributed by atoms with Crippen molar-refractivity contribution in [2.24, 2.45) is 0 Å². The zero-order valence-electron chi connectivity index (χ0n) is 37.9. The van der Waals surface area contributed by atoms with Gasteiger partial charge >= 0.3 is 5.97 Å². The van der Waals surface area contributed by atoms with Gasteiger partial charge < -0.3 is 20.3 Å². The number of esters is 1. The van der Waals surface area contributed by atoms with E-state index in [1.54, 1.807) is 0 Å². The summed E-state index contributed by atoms with van der Waals surface area (Å²) in [6.07, 6.45) is 56.7.